The van der Waals surface area contributed by atoms with Gasteiger partial charge in [-0.15, -0.1) is 0 Å². The van der Waals surface area contributed by atoms with Crippen molar-refractivity contribution in [3.63, 3.8) is 0 Å². The molecule has 1 amide bonds. The van der Waals surface area contributed by atoms with Crippen LogP contribution in [0.5, 0.6) is 0 Å². The fourth-order valence-corrected chi connectivity index (χ4v) is 5.13. The van der Waals surface area contributed by atoms with E-state index >= 15 is 0 Å². The van der Waals surface area contributed by atoms with Crippen LogP contribution in [0.25, 0.3) is 0 Å². The molecule has 0 atom stereocenters. The van der Waals surface area contributed by atoms with Gasteiger partial charge in [-0.25, -0.2) is 8.42 Å². The maximum Gasteiger partial charge on any atom is 0.264 e. The summed E-state index contributed by atoms with van der Waals surface area (Å²) < 4.78 is 27.6. The third-order valence-corrected chi connectivity index (χ3v) is 7.03. The molecule has 0 aromatic heterocycles. The van der Waals surface area contributed by atoms with Crippen molar-refractivity contribution in [2.45, 2.75) is 11.3 Å². The smallest absolute Gasteiger partial charge is 0.264 e. The highest BCUT2D eigenvalue weighted by molar-refractivity contribution is 7.93. The summed E-state index contributed by atoms with van der Waals surface area (Å²) in [6.45, 7) is 0. The highest BCUT2D eigenvalue weighted by Crippen LogP contribution is 2.30. The molecule has 0 spiro atoms. The monoisotopic (exact) mass is 502 g/mol. The second-order valence-electron chi connectivity index (χ2n) is 6.21. The van der Waals surface area contributed by atoms with Gasteiger partial charge < -0.3 is 5.32 Å². The van der Waals surface area contributed by atoms with Crippen molar-refractivity contribution in [1.82, 2.24) is 0 Å². The number of benzene rings is 3. The first-order chi connectivity index (χ1) is 14.2. The molecule has 0 heterocycles. The first-order valence-electron chi connectivity index (χ1n) is 8.46. The van der Waals surface area contributed by atoms with Crippen LogP contribution in [-0.2, 0) is 21.2 Å². The second kappa shape index (κ2) is 9.45. The van der Waals surface area contributed by atoms with Crippen LogP contribution in [0.15, 0.2) is 65.6 Å². The highest BCUT2D eigenvalue weighted by atomic mass is 35.5. The summed E-state index contributed by atoms with van der Waals surface area (Å²) in [4.78, 5) is 12.0. The predicted octanol–water partition coefficient (Wildman–Crippen LogP) is 6.28. The Morgan fingerprint density at radius 3 is 1.97 bits per heavy atom. The van der Waals surface area contributed by atoms with E-state index in [1.807, 2.05) is 0 Å². The van der Waals surface area contributed by atoms with Gasteiger partial charge in [0.25, 0.3) is 10.0 Å². The number of rotatable bonds is 6. The Labute approximate surface area is 194 Å². The maximum atomic E-state index is 12.6. The lowest BCUT2D eigenvalue weighted by molar-refractivity contribution is -0.115. The van der Waals surface area contributed by atoms with E-state index in [2.05, 4.69) is 10.0 Å². The number of anilines is 2. The second-order valence-corrected chi connectivity index (χ2v) is 9.46. The summed E-state index contributed by atoms with van der Waals surface area (Å²) >= 11 is 23.8. The Morgan fingerprint density at radius 1 is 0.767 bits per heavy atom. The molecule has 0 saturated carbocycles. The summed E-state index contributed by atoms with van der Waals surface area (Å²) in [5, 5.41) is 3.55. The van der Waals surface area contributed by atoms with Crippen molar-refractivity contribution in [1.29, 1.82) is 0 Å². The standard InChI is InChI=1S/C20H14Cl4N2O3S/c21-15-9-4-12(10-18(15)24)11-19(27)25-13-5-7-14(8-6-13)26-30(28,29)20-16(22)2-1-3-17(20)23/h1-10,26H,11H2,(H,25,27). The summed E-state index contributed by atoms with van der Waals surface area (Å²) in [7, 11) is -3.98. The van der Waals surface area contributed by atoms with E-state index in [0.29, 0.717) is 21.3 Å². The van der Waals surface area contributed by atoms with Crippen LogP contribution >= 0.6 is 46.4 Å². The number of halogens is 4. The normalized spacial score (nSPS) is 11.2. The molecule has 0 fully saturated rings. The number of hydrogen-bond donors (Lipinski definition) is 2. The molecule has 10 heteroatoms. The Balaban J connectivity index is 1.67. The lowest BCUT2D eigenvalue weighted by Crippen LogP contribution is -2.15. The molecule has 30 heavy (non-hydrogen) atoms. The molecule has 3 rings (SSSR count). The molecular formula is C20H14Cl4N2O3S. The van der Waals surface area contributed by atoms with E-state index < -0.39 is 10.0 Å². The van der Waals surface area contributed by atoms with Gasteiger partial charge in [-0.3, -0.25) is 9.52 Å². The lowest BCUT2D eigenvalue weighted by Gasteiger charge is -2.12. The summed E-state index contributed by atoms with van der Waals surface area (Å²) in [5.74, 6) is -0.260. The number of nitrogens with one attached hydrogen (secondary N) is 2. The minimum atomic E-state index is -3.98. The zero-order chi connectivity index (χ0) is 21.9. The van der Waals surface area contributed by atoms with Crippen molar-refractivity contribution in [3.05, 3.63) is 86.3 Å². The number of sulfonamides is 1. The molecule has 0 radical (unpaired) electrons. The van der Waals surface area contributed by atoms with E-state index in [1.165, 1.54) is 24.3 Å². The zero-order valence-electron chi connectivity index (χ0n) is 15.1. The number of hydrogen-bond acceptors (Lipinski definition) is 3. The van der Waals surface area contributed by atoms with Gasteiger partial charge in [-0.2, -0.15) is 0 Å². The van der Waals surface area contributed by atoms with Crippen LogP contribution in [0.4, 0.5) is 11.4 Å². The minimum Gasteiger partial charge on any atom is -0.326 e. The van der Waals surface area contributed by atoms with Crippen LogP contribution in [-0.4, -0.2) is 14.3 Å². The van der Waals surface area contributed by atoms with E-state index in [9.17, 15) is 13.2 Å². The zero-order valence-corrected chi connectivity index (χ0v) is 19.0. The van der Waals surface area contributed by atoms with Crippen LogP contribution in [0.3, 0.4) is 0 Å². The van der Waals surface area contributed by atoms with Gasteiger partial charge >= 0.3 is 0 Å². The number of carbonyl (C=O) groups excluding carboxylic acids is 1. The fraction of sp³-hybridized carbons (Fsp3) is 0.0500. The van der Waals surface area contributed by atoms with Crippen LogP contribution in [0.1, 0.15) is 5.56 Å². The maximum absolute atomic E-state index is 12.6. The number of amides is 1. The van der Waals surface area contributed by atoms with Crippen LogP contribution in [0, 0.1) is 0 Å². The first kappa shape index (κ1) is 22.7. The molecule has 0 aliphatic rings. The van der Waals surface area contributed by atoms with Gasteiger partial charge in [0, 0.05) is 11.4 Å². The topological polar surface area (TPSA) is 75.3 Å². The summed E-state index contributed by atoms with van der Waals surface area (Å²) in [6, 6.07) is 15.6. The quantitative estimate of drug-likeness (QED) is 0.415. The Hall–Kier alpha value is -1.96. The van der Waals surface area contributed by atoms with Crippen molar-refractivity contribution in [2.24, 2.45) is 0 Å². The highest BCUT2D eigenvalue weighted by Gasteiger charge is 2.21. The number of carbonyl (C=O) groups is 1. The van der Waals surface area contributed by atoms with E-state index in [0.717, 1.165) is 0 Å². The third kappa shape index (κ3) is 5.59. The van der Waals surface area contributed by atoms with E-state index in [-0.39, 0.29) is 33.0 Å². The molecule has 0 bridgehead atoms. The van der Waals surface area contributed by atoms with Gasteiger partial charge in [0.15, 0.2) is 0 Å². The average Bonchev–Trinajstić information content (AvgIpc) is 2.66. The first-order valence-corrected chi connectivity index (χ1v) is 11.5. The SMILES string of the molecule is O=C(Cc1ccc(Cl)c(Cl)c1)Nc1ccc(NS(=O)(=O)c2c(Cl)cccc2Cl)cc1. The van der Waals surface area contributed by atoms with Gasteiger partial charge in [0.2, 0.25) is 5.91 Å². The van der Waals surface area contributed by atoms with Crippen LogP contribution in [0.2, 0.25) is 20.1 Å². The predicted molar refractivity (Wildman–Crippen MR) is 123 cm³/mol. The average molecular weight is 504 g/mol. The molecule has 3 aromatic rings. The van der Waals surface area contributed by atoms with E-state index in [4.69, 9.17) is 46.4 Å². The van der Waals surface area contributed by atoms with Crippen molar-refractivity contribution in [2.75, 3.05) is 10.0 Å². The van der Waals surface area contributed by atoms with E-state index in [1.54, 1.807) is 36.4 Å². The van der Waals surface area contributed by atoms with Crippen molar-refractivity contribution >= 4 is 73.7 Å². The van der Waals surface area contributed by atoms with Gasteiger partial charge in [0.05, 0.1) is 26.5 Å². The largest absolute Gasteiger partial charge is 0.326 e. The van der Waals surface area contributed by atoms with Gasteiger partial charge in [-0.1, -0.05) is 58.5 Å². The molecular weight excluding hydrogens is 490 g/mol. The lowest BCUT2D eigenvalue weighted by atomic mass is 10.1. The van der Waals surface area contributed by atoms with Crippen LogP contribution < -0.4 is 10.0 Å². The fourth-order valence-electron chi connectivity index (χ4n) is 2.61. The Morgan fingerprint density at radius 2 is 1.37 bits per heavy atom. The molecule has 2 N–H and O–H groups in total. The Bertz CT molecular complexity index is 1180. The van der Waals surface area contributed by atoms with Gasteiger partial charge in [0.1, 0.15) is 4.90 Å². The molecule has 0 unspecified atom stereocenters. The molecule has 0 saturated heterocycles. The van der Waals surface area contributed by atoms with Crippen molar-refractivity contribution < 1.29 is 13.2 Å². The summed E-state index contributed by atoms with van der Waals surface area (Å²) in [5.41, 5.74) is 1.50. The van der Waals surface area contributed by atoms with Gasteiger partial charge in [-0.05, 0) is 54.1 Å². The minimum absolute atomic E-state index is 0.0150. The Kier molecular flexibility index (Phi) is 7.16. The summed E-state index contributed by atoms with van der Waals surface area (Å²) in [6.07, 6.45) is 0.107. The molecule has 3 aromatic carbocycles. The molecule has 5 nitrogen and oxygen atoms in total. The third-order valence-electron chi connectivity index (χ3n) is 3.96. The molecule has 0 aliphatic carbocycles. The van der Waals surface area contributed by atoms with Crippen molar-refractivity contribution in [3.8, 4) is 0 Å². The molecule has 156 valence electrons. The molecule has 0 aliphatic heterocycles.